The molecular weight excluding hydrogens is 292 g/mol. The third-order valence-electron chi connectivity index (χ3n) is 2.83. The zero-order valence-electron chi connectivity index (χ0n) is 12.5. The van der Waals surface area contributed by atoms with Crippen LogP contribution in [-0.4, -0.2) is 47.6 Å². The lowest BCUT2D eigenvalue weighted by Gasteiger charge is -2.21. The van der Waals surface area contributed by atoms with Gasteiger partial charge in [0.05, 0.1) is 30.3 Å². The number of aromatic nitrogens is 2. The first-order chi connectivity index (χ1) is 10.0. The second-order valence-electron chi connectivity index (χ2n) is 4.77. The molecule has 6 nitrogen and oxygen atoms in total. The average molecular weight is 311 g/mol. The molecule has 0 saturated carbocycles. The molecule has 0 aliphatic heterocycles. The maximum Gasteiger partial charge on any atom is 0.274 e. The van der Waals surface area contributed by atoms with Gasteiger partial charge in [0.25, 0.3) is 5.91 Å². The fraction of sp³-hybridized carbons (Fsp3) is 0.571. The molecule has 0 aliphatic rings. The van der Waals surface area contributed by atoms with E-state index < -0.39 is 0 Å². The van der Waals surface area contributed by atoms with E-state index >= 15 is 0 Å². The molecule has 0 saturated heterocycles. The maximum atomic E-state index is 12.5. The molecule has 0 atom stereocenters. The van der Waals surface area contributed by atoms with Gasteiger partial charge in [-0.25, -0.2) is 9.97 Å². The van der Waals surface area contributed by atoms with Crippen LogP contribution in [0.5, 0.6) is 0 Å². The first-order valence-corrected chi connectivity index (χ1v) is 7.06. The van der Waals surface area contributed by atoms with Gasteiger partial charge in [0, 0.05) is 26.1 Å². The molecule has 21 heavy (non-hydrogen) atoms. The van der Waals surface area contributed by atoms with Crippen LogP contribution in [0.1, 0.15) is 42.5 Å². The Morgan fingerprint density at radius 3 is 2.81 bits per heavy atom. The molecule has 114 valence electrons. The second kappa shape index (κ2) is 8.55. The lowest BCUT2D eigenvalue weighted by Crippen LogP contribution is -2.35. The van der Waals surface area contributed by atoms with E-state index in [0.29, 0.717) is 25.5 Å². The van der Waals surface area contributed by atoms with E-state index in [1.165, 1.54) is 11.1 Å². The Kier molecular flexibility index (Phi) is 7.06. The monoisotopic (exact) mass is 310 g/mol. The molecule has 0 spiro atoms. The van der Waals surface area contributed by atoms with Crippen LogP contribution < -0.4 is 0 Å². The predicted octanol–water partition coefficient (Wildman–Crippen LogP) is 2.26. The molecule has 0 radical (unpaired) electrons. The highest BCUT2D eigenvalue weighted by Crippen LogP contribution is 2.18. The number of ether oxygens (including phenoxy) is 1. The first-order valence-electron chi connectivity index (χ1n) is 6.68. The zero-order chi connectivity index (χ0) is 15.8. The highest BCUT2D eigenvalue weighted by molar-refractivity contribution is 6.33. The van der Waals surface area contributed by atoms with Gasteiger partial charge in [-0.15, -0.1) is 0 Å². The number of carbonyl (C=O) groups excluding carboxylic acids is 1. The summed E-state index contributed by atoms with van der Waals surface area (Å²) in [7, 11) is 1.56. The summed E-state index contributed by atoms with van der Waals surface area (Å²) in [6.45, 7) is 4.97. The smallest absolute Gasteiger partial charge is 0.274 e. The van der Waals surface area contributed by atoms with Crippen LogP contribution in [0, 0.1) is 11.3 Å². The number of carbonyl (C=O) groups is 1. The summed E-state index contributed by atoms with van der Waals surface area (Å²) in [5.74, 6) is 0.353. The Balaban J connectivity index is 3.01. The lowest BCUT2D eigenvalue weighted by molar-refractivity contribution is 0.0693. The fourth-order valence-corrected chi connectivity index (χ4v) is 1.83. The average Bonchev–Trinajstić information content (AvgIpc) is 2.47. The van der Waals surface area contributed by atoms with Crippen LogP contribution in [-0.2, 0) is 4.74 Å². The normalized spacial score (nSPS) is 10.5. The van der Waals surface area contributed by atoms with Crippen molar-refractivity contribution in [1.29, 1.82) is 5.26 Å². The van der Waals surface area contributed by atoms with Gasteiger partial charge >= 0.3 is 0 Å². The number of hydrogen-bond acceptors (Lipinski definition) is 5. The number of nitrogens with zero attached hydrogens (tertiary/aromatic N) is 4. The molecule has 1 aromatic rings. The summed E-state index contributed by atoms with van der Waals surface area (Å²) in [5, 5.41) is 8.91. The van der Waals surface area contributed by atoms with Crippen molar-refractivity contribution in [2.75, 3.05) is 26.8 Å². The van der Waals surface area contributed by atoms with E-state index in [0.717, 1.165) is 0 Å². The highest BCUT2D eigenvalue weighted by Gasteiger charge is 2.21. The van der Waals surface area contributed by atoms with Gasteiger partial charge < -0.3 is 9.64 Å². The molecule has 1 aromatic heterocycles. The van der Waals surface area contributed by atoms with E-state index in [1.54, 1.807) is 7.11 Å². The number of halogens is 1. The zero-order valence-corrected chi connectivity index (χ0v) is 13.2. The fourth-order valence-electron chi connectivity index (χ4n) is 1.66. The molecule has 1 amide bonds. The summed E-state index contributed by atoms with van der Waals surface area (Å²) in [6, 6.07) is 2.02. The summed E-state index contributed by atoms with van der Waals surface area (Å²) >= 11 is 6.04. The van der Waals surface area contributed by atoms with E-state index in [9.17, 15) is 4.79 Å². The largest absolute Gasteiger partial charge is 0.383 e. The number of methoxy groups -OCH3 is 1. The minimum Gasteiger partial charge on any atom is -0.383 e. The Bertz CT molecular complexity index is 528. The van der Waals surface area contributed by atoms with Gasteiger partial charge in [0.15, 0.2) is 5.69 Å². The summed E-state index contributed by atoms with van der Waals surface area (Å²) in [5.41, 5.74) is 0.171. The molecular formula is C14H19ClN4O2. The van der Waals surface area contributed by atoms with Gasteiger partial charge in [-0.2, -0.15) is 5.26 Å². The van der Waals surface area contributed by atoms with Crippen molar-refractivity contribution < 1.29 is 9.53 Å². The van der Waals surface area contributed by atoms with Crippen molar-refractivity contribution in [2.24, 2.45) is 0 Å². The third-order valence-corrected chi connectivity index (χ3v) is 3.10. The van der Waals surface area contributed by atoms with E-state index in [4.69, 9.17) is 21.6 Å². The molecule has 0 aromatic carbocycles. The standard InChI is InChI=1S/C14H19ClN4O2/c1-10(2)13-17-9-11(15)12(18-13)14(20)19(6-4-5-16)7-8-21-3/h9-10H,4,6-8H2,1-3H3. The van der Waals surface area contributed by atoms with Gasteiger partial charge in [0.1, 0.15) is 5.82 Å². The van der Waals surface area contributed by atoms with Gasteiger partial charge in [-0.1, -0.05) is 25.4 Å². The molecule has 0 bridgehead atoms. The Morgan fingerprint density at radius 1 is 1.52 bits per heavy atom. The topological polar surface area (TPSA) is 79.1 Å². The SMILES string of the molecule is COCCN(CCC#N)C(=O)c1nc(C(C)C)ncc1Cl. The van der Waals surface area contributed by atoms with Crippen LogP contribution in [0.3, 0.4) is 0 Å². The number of rotatable bonds is 7. The molecule has 0 fully saturated rings. The Morgan fingerprint density at radius 2 is 2.24 bits per heavy atom. The summed E-state index contributed by atoms with van der Waals surface area (Å²) in [6.07, 6.45) is 1.69. The van der Waals surface area contributed by atoms with Crippen molar-refractivity contribution in [2.45, 2.75) is 26.2 Å². The molecule has 0 N–H and O–H groups in total. The van der Waals surface area contributed by atoms with E-state index in [-0.39, 0.29) is 29.0 Å². The van der Waals surface area contributed by atoms with E-state index in [2.05, 4.69) is 9.97 Å². The second-order valence-corrected chi connectivity index (χ2v) is 5.18. The molecule has 0 unspecified atom stereocenters. The lowest BCUT2D eigenvalue weighted by atomic mass is 10.2. The Hall–Kier alpha value is -1.71. The highest BCUT2D eigenvalue weighted by atomic mass is 35.5. The van der Waals surface area contributed by atoms with Gasteiger partial charge in [-0.05, 0) is 0 Å². The summed E-state index contributed by atoms with van der Waals surface area (Å²) in [4.78, 5) is 22.4. The molecule has 1 heterocycles. The van der Waals surface area contributed by atoms with Crippen LogP contribution in [0.2, 0.25) is 5.02 Å². The van der Waals surface area contributed by atoms with Gasteiger partial charge in [0.2, 0.25) is 0 Å². The minimum absolute atomic E-state index is 0.0975. The molecule has 1 rings (SSSR count). The summed E-state index contributed by atoms with van der Waals surface area (Å²) < 4.78 is 4.99. The quantitative estimate of drug-likeness (QED) is 0.771. The molecule has 0 aliphatic carbocycles. The van der Waals surface area contributed by atoms with Crippen LogP contribution in [0.25, 0.3) is 0 Å². The van der Waals surface area contributed by atoms with Crippen LogP contribution in [0.15, 0.2) is 6.20 Å². The van der Waals surface area contributed by atoms with E-state index in [1.807, 2.05) is 19.9 Å². The maximum absolute atomic E-state index is 12.5. The van der Waals surface area contributed by atoms with Crippen molar-refractivity contribution in [1.82, 2.24) is 14.9 Å². The van der Waals surface area contributed by atoms with Crippen molar-refractivity contribution in [3.05, 3.63) is 22.7 Å². The number of nitriles is 1. The Labute approximate surface area is 129 Å². The predicted molar refractivity (Wildman–Crippen MR) is 79.1 cm³/mol. The van der Waals surface area contributed by atoms with Crippen molar-refractivity contribution in [3.63, 3.8) is 0 Å². The van der Waals surface area contributed by atoms with Crippen molar-refractivity contribution >= 4 is 17.5 Å². The third kappa shape index (κ3) is 4.96. The van der Waals surface area contributed by atoms with Gasteiger partial charge in [-0.3, -0.25) is 4.79 Å². The number of hydrogen-bond donors (Lipinski definition) is 0. The number of amides is 1. The van der Waals surface area contributed by atoms with Crippen molar-refractivity contribution in [3.8, 4) is 6.07 Å². The molecule has 7 heteroatoms. The van der Waals surface area contributed by atoms with Crippen LogP contribution >= 0.6 is 11.6 Å². The minimum atomic E-state index is -0.309. The van der Waals surface area contributed by atoms with Crippen LogP contribution in [0.4, 0.5) is 0 Å². The first kappa shape index (κ1) is 17.3.